The molecule has 0 fully saturated rings. The number of hydrogen-bond acceptors (Lipinski definition) is 4. The lowest BCUT2D eigenvalue weighted by Crippen LogP contribution is -2.34. The number of nitrogens with zero attached hydrogens (tertiary/aromatic N) is 1. The van der Waals surface area contributed by atoms with Crippen LogP contribution in [0.15, 0.2) is 23.1 Å². The predicted molar refractivity (Wildman–Crippen MR) is 76.6 cm³/mol. The Morgan fingerprint density at radius 1 is 1.47 bits per heavy atom. The smallest absolute Gasteiger partial charge is 0.237 e. The molecule has 1 aromatic carbocycles. The zero-order valence-electron chi connectivity index (χ0n) is 11.7. The molecular formula is C13H20N2O3S. The number of ether oxygens (including phenoxy) is 1. The summed E-state index contributed by atoms with van der Waals surface area (Å²) in [5.41, 5.74) is 6.23. The van der Waals surface area contributed by atoms with E-state index in [4.69, 9.17) is 10.5 Å². The van der Waals surface area contributed by atoms with Crippen LogP contribution in [0.5, 0.6) is 5.75 Å². The number of amides is 1. The van der Waals surface area contributed by atoms with Gasteiger partial charge in [0.15, 0.2) is 0 Å². The molecule has 2 N–H and O–H groups in total. The van der Waals surface area contributed by atoms with Crippen molar-refractivity contribution in [2.75, 3.05) is 26.4 Å². The molecule has 0 bridgehead atoms. The normalized spacial score (nSPS) is 13.7. The van der Waals surface area contributed by atoms with Crippen molar-refractivity contribution in [3.63, 3.8) is 0 Å². The van der Waals surface area contributed by atoms with Crippen LogP contribution >= 0.6 is 0 Å². The number of nitrogens with two attached hydrogens (primary N) is 1. The second-order valence-electron chi connectivity index (χ2n) is 4.30. The average Bonchev–Trinajstić information content (AvgIpc) is 2.38. The zero-order valence-corrected chi connectivity index (χ0v) is 12.5. The number of carbonyl (C=O) groups is 1. The molecule has 6 heteroatoms. The molecule has 0 aromatic heterocycles. The summed E-state index contributed by atoms with van der Waals surface area (Å²) in [6.45, 7) is 4.01. The zero-order chi connectivity index (χ0) is 14.6. The molecule has 0 saturated heterocycles. The summed E-state index contributed by atoms with van der Waals surface area (Å²) in [5, 5.41) is -0.644. The maximum absolute atomic E-state index is 12.4. The van der Waals surface area contributed by atoms with Crippen LogP contribution in [-0.4, -0.2) is 41.0 Å². The Labute approximate surface area is 116 Å². The van der Waals surface area contributed by atoms with Gasteiger partial charge >= 0.3 is 0 Å². The Balaban J connectivity index is 3.04. The number of hydrogen-bond donors (Lipinski definition) is 1. The first-order valence-corrected chi connectivity index (χ1v) is 7.23. The SMILES string of the molecule is CCOc1ccc(N)c(S(=O)C(C)C(=O)N(C)C)c1. The van der Waals surface area contributed by atoms with Crippen molar-refractivity contribution >= 4 is 22.4 Å². The van der Waals surface area contributed by atoms with E-state index >= 15 is 0 Å². The number of benzene rings is 1. The lowest BCUT2D eigenvalue weighted by atomic mass is 10.3. The van der Waals surface area contributed by atoms with E-state index in [1.54, 1.807) is 39.2 Å². The molecule has 2 unspecified atom stereocenters. The van der Waals surface area contributed by atoms with E-state index < -0.39 is 16.0 Å². The first-order chi connectivity index (χ1) is 8.88. The lowest BCUT2D eigenvalue weighted by Gasteiger charge is -2.17. The predicted octanol–water partition coefficient (Wildman–Crippen LogP) is 1.25. The van der Waals surface area contributed by atoms with Crippen LogP contribution in [0, 0.1) is 0 Å². The molecule has 19 heavy (non-hydrogen) atoms. The first-order valence-electron chi connectivity index (χ1n) is 6.02. The van der Waals surface area contributed by atoms with Gasteiger partial charge in [-0.05, 0) is 32.0 Å². The summed E-state index contributed by atoms with van der Waals surface area (Å²) in [4.78, 5) is 13.7. The van der Waals surface area contributed by atoms with Crippen molar-refractivity contribution in [3.05, 3.63) is 18.2 Å². The fourth-order valence-electron chi connectivity index (χ4n) is 1.59. The average molecular weight is 284 g/mol. The van der Waals surface area contributed by atoms with Gasteiger partial charge in [-0.2, -0.15) is 0 Å². The molecule has 1 amide bonds. The van der Waals surface area contributed by atoms with Gasteiger partial charge in [0.25, 0.3) is 0 Å². The van der Waals surface area contributed by atoms with Crippen LogP contribution in [0.25, 0.3) is 0 Å². The van der Waals surface area contributed by atoms with E-state index in [1.165, 1.54) is 4.90 Å². The molecule has 0 saturated carbocycles. The van der Waals surface area contributed by atoms with Crippen LogP contribution in [0.3, 0.4) is 0 Å². The third-order valence-corrected chi connectivity index (χ3v) is 4.25. The monoisotopic (exact) mass is 284 g/mol. The summed E-state index contributed by atoms with van der Waals surface area (Å²) < 4.78 is 17.7. The summed E-state index contributed by atoms with van der Waals surface area (Å²) in [6, 6.07) is 5.00. The Morgan fingerprint density at radius 2 is 2.11 bits per heavy atom. The first kappa shape index (κ1) is 15.5. The van der Waals surface area contributed by atoms with Gasteiger partial charge in [-0.1, -0.05) is 0 Å². The number of anilines is 1. The van der Waals surface area contributed by atoms with Gasteiger partial charge in [0.05, 0.1) is 22.3 Å². The highest BCUT2D eigenvalue weighted by molar-refractivity contribution is 7.86. The van der Waals surface area contributed by atoms with E-state index in [2.05, 4.69) is 0 Å². The van der Waals surface area contributed by atoms with Crippen molar-refractivity contribution in [1.82, 2.24) is 4.90 Å². The van der Waals surface area contributed by atoms with Gasteiger partial charge in [-0.15, -0.1) is 0 Å². The van der Waals surface area contributed by atoms with E-state index in [0.29, 0.717) is 22.9 Å². The quantitative estimate of drug-likeness (QED) is 0.826. The summed E-state index contributed by atoms with van der Waals surface area (Å²) in [7, 11) is 1.77. The Kier molecular flexibility index (Phi) is 5.35. The minimum absolute atomic E-state index is 0.195. The van der Waals surface area contributed by atoms with E-state index in [9.17, 15) is 9.00 Å². The van der Waals surface area contributed by atoms with Crippen molar-refractivity contribution in [2.24, 2.45) is 0 Å². The van der Waals surface area contributed by atoms with Gasteiger partial charge in [0.1, 0.15) is 11.0 Å². The molecule has 2 atom stereocenters. The standard InChI is InChI=1S/C13H20N2O3S/c1-5-18-10-6-7-11(14)12(8-10)19(17)9(2)13(16)15(3)4/h6-9H,5,14H2,1-4H3. The van der Waals surface area contributed by atoms with E-state index in [1.807, 2.05) is 6.92 Å². The molecule has 0 aliphatic heterocycles. The maximum Gasteiger partial charge on any atom is 0.237 e. The third kappa shape index (κ3) is 3.70. The van der Waals surface area contributed by atoms with Gasteiger partial charge < -0.3 is 15.4 Å². The van der Waals surface area contributed by atoms with Crippen LogP contribution in [0.1, 0.15) is 13.8 Å². The molecular weight excluding hydrogens is 264 g/mol. The minimum Gasteiger partial charge on any atom is -0.494 e. The largest absolute Gasteiger partial charge is 0.494 e. The topological polar surface area (TPSA) is 72.6 Å². The molecule has 5 nitrogen and oxygen atoms in total. The van der Waals surface area contributed by atoms with Gasteiger partial charge in [0.2, 0.25) is 5.91 Å². The van der Waals surface area contributed by atoms with E-state index in [0.717, 1.165) is 0 Å². The van der Waals surface area contributed by atoms with Crippen LogP contribution in [0.2, 0.25) is 0 Å². The Bertz CT molecular complexity index is 489. The molecule has 0 spiro atoms. The molecule has 0 aliphatic carbocycles. The molecule has 1 rings (SSSR count). The van der Waals surface area contributed by atoms with Gasteiger partial charge in [0, 0.05) is 19.8 Å². The molecule has 1 aromatic rings. The number of rotatable bonds is 5. The summed E-state index contributed by atoms with van der Waals surface area (Å²) in [6.07, 6.45) is 0. The highest BCUT2D eigenvalue weighted by atomic mass is 32.2. The van der Waals surface area contributed by atoms with Gasteiger partial charge in [-0.25, -0.2) is 0 Å². The summed E-state index contributed by atoms with van der Waals surface area (Å²) >= 11 is 0. The fourth-order valence-corrected chi connectivity index (χ4v) is 2.90. The highest BCUT2D eigenvalue weighted by Gasteiger charge is 2.24. The number of nitrogen functional groups attached to an aromatic ring is 1. The van der Waals surface area contributed by atoms with Crippen LogP contribution in [0.4, 0.5) is 5.69 Å². The molecule has 106 valence electrons. The number of carbonyl (C=O) groups excluding carboxylic acids is 1. The van der Waals surface area contributed by atoms with Gasteiger partial charge in [-0.3, -0.25) is 9.00 Å². The molecule has 0 aliphatic rings. The third-order valence-electron chi connectivity index (χ3n) is 2.62. The minimum atomic E-state index is -1.50. The van der Waals surface area contributed by atoms with Crippen molar-refractivity contribution < 1.29 is 13.7 Å². The second-order valence-corrected chi connectivity index (χ2v) is 6.05. The molecule has 0 radical (unpaired) electrons. The second kappa shape index (κ2) is 6.56. The Morgan fingerprint density at radius 3 is 2.63 bits per heavy atom. The van der Waals surface area contributed by atoms with Crippen LogP contribution in [-0.2, 0) is 15.6 Å². The van der Waals surface area contributed by atoms with Crippen molar-refractivity contribution in [2.45, 2.75) is 24.0 Å². The lowest BCUT2D eigenvalue weighted by molar-refractivity contribution is -0.127. The Hall–Kier alpha value is -1.56. The molecule has 0 heterocycles. The maximum atomic E-state index is 12.4. The van der Waals surface area contributed by atoms with Crippen LogP contribution < -0.4 is 10.5 Å². The fraction of sp³-hybridized carbons (Fsp3) is 0.462. The van der Waals surface area contributed by atoms with Crippen molar-refractivity contribution in [3.8, 4) is 5.75 Å². The van der Waals surface area contributed by atoms with E-state index in [-0.39, 0.29) is 5.91 Å². The van der Waals surface area contributed by atoms with Crippen molar-refractivity contribution in [1.29, 1.82) is 0 Å². The highest BCUT2D eigenvalue weighted by Crippen LogP contribution is 2.25. The summed E-state index contributed by atoms with van der Waals surface area (Å²) in [5.74, 6) is 0.407.